The van der Waals surface area contributed by atoms with Crippen LogP contribution < -0.4 is 4.74 Å². The lowest BCUT2D eigenvalue weighted by atomic mass is 9.97. The summed E-state index contributed by atoms with van der Waals surface area (Å²) in [7, 11) is 0. The molecule has 6 nitrogen and oxygen atoms in total. The predicted molar refractivity (Wildman–Crippen MR) is 114 cm³/mol. The quantitative estimate of drug-likeness (QED) is 0.541. The van der Waals surface area contributed by atoms with Gasteiger partial charge in [0.15, 0.2) is 11.6 Å². The molecule has 0 radical (unpaired) electrons. The Morgan fingerprint density at radius 3 is 2.61 bits per heavy atom. The SMILES string of the molecule is Cc1cc(OCC2=NOC(=O)C2)c(F)c(C)c1Cc1ccc(O)c(-c2ccc(F)cc2F)n1. The number of carbonyl (C=O) groups is 1. The number of hydrogen-bond donors (Lipinski definition) is 1. The molecule has 0 aliphatic carbocycles. The second kappa shape index (κ2) is 8.93. The molecule has 0 saturated carbocycles. The second-order valence-corrected chi connectivity index (χ2v) is 7.67. The van der Waals surface area contributed by atoms with Gasteiger partial charge in [-0.1, -0.05) is 5.16 Å². The molecular weight excluding hydrogens is 437 g/mol. The van der Waals surface area contributed by atoms with Crippen molar-refractivity contribution in [3.05, 3.63) is 76.2 Å². The van der Waals surface area contributed by atoms with E-state index in [1.54, 1.807) is 19.9 Å². The standard InChI is InChI=1S/C24H19F3N2O4/c1-12-7-21(32-11-16-10-22(31)33-29-16)23(27)13(2)18(12)9-15-4-6-20(30)24(28-15)17-5-3-14(25)8-19(17)26/h3-8,30H,9-11H2,1-2H3. The largest absolute Gasteiger partial charge is 0.506 e. The number of hydrogen-bond acceptors (Lipinski definition) is 6. The van der Waals surface area contributed by atoms with Gasteiger partial charge in [-0.05, 0) is 60.9 Å². The molecule has 1 N–H and O–H groups in total. The third-order valence-electron chi connectivity index (χ3n) is 5.32. The maximum atomic E-state index is 15.0. The van der Waals surface area contributed by atoms with Crippen molar-refractivity contribution in [2.75, 3.05) is 6.61 Å². The molecule has 3 aromatic rings. The van der Waals surface area contributed by atoms with Gasteiger partial charge in [0, 0.05) is 23.7 Å². The molecule has 2 aromatic carbocycles. The van der Waals surface area contributed by atoms with E-state index in [9.17, 15) is 23.1 Å². The van der Waals surface area contributed by atoms with Crippen molar-refractivity contribution in [1.82, 2.24) is 4.98 Å². The predicted octanol–water partition coefficient (Wildman–Crippen LogP) is 4.76. The van der Waals surface area contributed by atoms with Gasteiger partial charge in [-0.15, -0.1) is 0 Å². The minimum absolute atomic E-state index is 0.00116. The fourth-order valence-corrected chi connectivity index (χ4v) is 3.57. The van der Waals surface area contributed by atoms with E-state index >= 15 is 0 Å². The monoisotopic (exact) mass is 456 g/mol. The topological polar surface area (TPSA) is 81.0 Å². The van der Waals surface area contributed by atoms with E-state index in [2.05, 4.69) is 15.0 Å². The van der Waals surface area contributed by atoms with Gasteiger partial charge in [-0.3, -0.25) is 0 Å². The van der Waals surface area contributed by atoms with E-state index in [1.807, 2.05) is 0 Å². The first kappa shape index (κ1) is 22.3. The number of aromatic hydroxyl groups is 1. The Morgan fingerprint density at radius 1 is 1.12 bits per heavy atom. The molecule has 0 amide bonds. The highest BCUT2D eigenvalue weighted by Crippen LogP contribution is 2.32. The summed E-state index contributed by atoms with van der Waals surface area (Å²) in [4.78, 5) is 19.9. The zero-order valence-electron chi connectivity index (χ0n) is 17.8. The van der Waals surface area contributed by atoms with E-state index in [-0.39, 0.29) is 42.2 Å². The first-order valence-electron chi connectivity index (χ1n) is 10.0. The Kier molecular flexibility index (Phi) is 6.04. The fourth-order valence-electron chi connectivity index (χ4n) is 3.57. The Labute approximate surface area is 187 Å². The third kappa shape index (κ3) is 4.67. The lowest BCUT2D eigenvalue weighted by Gasteiger charge is -2.15. The summed E-state index contributed by atoms with van der Waals surface area (Å²) in [6.45, 7) is 3.31. The molecule has 0 unspecified atom stereocenters. The van der Waals surface area contributed by atoms with Crippen molar-refractivity contribution >= 4 is 11.7 Å². The van der Waals surface area contributed by atoms with Crippen molar-refractivity contribution in [3.8, 4) is 22.8 Å². The zero-order valence-corrected chi connectivity index (χ0v) is 17.8. The van der Waals surface area contributed by atoms with Crippen LogP contribution in [0.5, 0.6) is 11.5 Å². The summed E-state index contributed by atoms with van der Waals surface area (Å²) < 4.78 is 47.9. The number of aromatic nitrogens is 1. The highest BCUT2D eigenvalue weighted by molar-refractivity contribution is 6.02. The molecule has 0 atom stereocenters. The molecule has 2 heterocycles. The summed E-state index contributed by atoms with van der Waals surface area (Å²) in [6.07, 6.45) is 0.210. The second-order valence-electron chi connectivity index (χ2n) is 7.67. The fraction of sp³-hybridized carbons (Fsp3) is 0.208. The van der Waals surface area contributed by atoms with Crippen LogP contribution >= 0.6 is 0 Å². The first-order chi connectivity index (χ1) is 15.7. The van der Waals surface area contributed by atoms with Gasteiger partial charge in [0.1, 0.15) is 35.4 Å². The van der Waals surface area contributed by atoms with Crippen LogP contribution in [0.4, 0.5) is 13.2 Å². The van der Waals surface area contributed by atoms with Crippen molar-refractivity contribution in [3.63, 3.8) is 0 Å². The number of nitrogens with zero attached hydrogens (tertiary/aromatic N) is 2. The minimum Gasteiger partial charge on any atom is -0.506 e. The van der Waals surface area contributed by atoms with Gasteiger partial charge < -0.3 is 14.7 Å². The highest BCUT2D eigenvalue weighted by Gasteiger charge is 2.21. The number of halogens is 3. The molecule has 4 rings (SSSR count). The van der Waals surface area contributed by atoms with Gasteiger partial charge in [0.05, 0.1) is 6.42 Å². The lowest BCUT2D eigenvalue weighted by molar-refractivity contribution is -0.140. The van der Waals surface area contributed by atoms with Crippen molar-refractivity contribution < 1.29 is 32.6 Å². The lowest BCUT2D eigenvalue weighted by Crippen LogP contribution is -2.12. The maximum Gasteiger partial charge on any atom is 0.340 e. The number of oxime groups is 1. The summed E-state index contributed by atoms with van der Waals surface area (Å²) in [5, 5.41) is 13.7. The third-order valence-corrected chi connectivity index (χ3v) is 5.32. The van der Waals surface area contributed by atoms with E-state index < -0.39 is 23.4 Å². The Hall–Kier alpha value is -3.88. The van der Waals surface area contributed by atoms with Crippen molar-refractivity contribution in [2.45, 2.75) is 26.7 Å². The van der Waals surface area contributed by atoms with Crippen LogP contribution in [0.25, 0.3) is 11.3 Å². The first-order valence-corrected chi connectivity index (χ1v) is 10.0. The average Bonchev–Trinajstić information content (AvgIpc) is 3.19. The van der Waals surface area contributed by atoms with Crippen LogP contribution in [0.3, 0.4) is 0 Å². The van der Waals surface area contributed by atoms with Crippen LogP contribution in [0.15, 0.2) is 41.6 Å². The Balaban J connectivity index is 1.60. The number of pyridine rings is 1. The van der Waals surface area contributed by atoms with Crippen LogP contribution in [-0.2, 0) is 16.1 Å². The summed E-state index contributed by atoms with van der Waals surface area (Å²) in [5.41, 5.74) is 2.48. The number of ether oxygens (including phenoxy) is 1. The van der Waals surface area contributed by atoms with Crippen molar-refractivity contribution in [2.24, 2.45) is 5.16 Å². The molecule has 0 spiro atoms. The van der Waals surface area contributed by atoms with E-state index in [4.69, 9.17) is 4.74 Å². The van der Waals surface area contributed by atoms with E-state index in [0.29, 0.717) is 28.6 Å². The number of carbonyl (C=O) groups excluding carboxylic acids is 1. The molecule has 0 bridgehead atoms. The zero-order chi connectivity index (χ0) is 23.7. The number of benzene rings is 2. The number of aryl methyl sites for hydroxylation is 1. The van der Waals surface area contributed by atoms with Gasteiger partial charge >= 0.3 is 5.97 Å². The molecule has 0 fully saturated rings. The van der Waals surface area contributed by atoms with Crippen LogP contribution in [-0.4, -0.2) is 28.4 Å². The summed E-state index contributed by atoms with van der Waals surface area (Å²) >= 11 is 0. The molecule has 0 saturated heterocycles. The van der Waals surface area contributed by atoms with Gasteiger partial charge in [0.2, 0.25) is 0 Å². The minimum atomic E-state index is -0.853. The normalized spacial score (nSPS) is 13.1. The number of rotatable bonds is 6. The molecule has 170 valence electrons. The van der Waals surface area contributed by atoms with Crippen molar-refractivity contribution in [1.29, 1.82) is 0 Å². The van der Waals surface area contributed by atoms with E-state index in [1.165, 1.54) is 18.2 Å². The van der Waals surface area contributed by atoms with Gasteiger partial charge in [0.25, 0.3) is 0 Å². The summed E-state index contributed by atoms with van der Waals surface area (Å²) in [6, 6.07) is 7.45. The molecule has 1 aliphatic rings. The molecule has 1 aromatic heterocycles. The summed E-state index contributed by atoms with van der Waals surface area (Å²) in [5.74, 6) is -2.89. The maximum absolute atomic E-state index is 15.0. The Morgan fingerprint density at radius 2 is 1.91 bits per heavy atom. The molecule has 1 aliphatic heterocycles. The van der Waals surface area contributed by atoms with E-state index in [0.717, 1.165) is 11.6 Å². The Bertz CT molecular complexity index is 1290. The molecule has 9 heteroatoms. The molecular formula is C24H19F3N2O4. The van der Waals surface area contributed by atoms with Crippen LogP contribution in [0, 0.1) is 31.3 Å². The van der Waals surface area contributed by atoms with Gasteiger partial charge in [-0.25, -0.2) is 22.9 Å². The van der Waals surface area contributed by atoms with Gasteiger partial charge in [-0.2, -0.15) is 0 Å². The smallest absolute Gasteiger partial charge is 0.340 e. The molecule has 33 heavy (non-hydrogen) atoms. The average molecular weight is 456 g/mol. The highest BCUT2D eigenvalue weighted by atomic mass is 19.1. The van der Waals surface area contributed by atoms with Crippen LogP contribution in [0.1, 0.15) is 28.8 Å². The van der Waals surface area contributed by atoms with Crippen LogP contribution in [0.2, 0.25) is 0 Å².